The predicted molar refractivity (Wildman–Crippen MR) is 72.7 cm³/mol. The standard InChI is InChI=1S/C14H19N5/c1-9(2)13-16-7-11(18-13)5-4-10(3)14-17-8-12(6-15)19-14/h7-10H,4-5H2,1-3H3,(H,16,18)(H,17,19). The summed E-state index contributed by atoms with van der Waals surface area (Å²) in [6, 6.07) is 2.03. The van der Waals surface area contributed by atoms with Gasteiger partial charge < -0.3 is 9.97 Å². The van der Waals surface area contributed by atoms with E-state index in [0.717, 1.165) is 30.2 Å². The summed E-state index contributed by atoms with van der Waals surface area (Å²) in [6.45, 7) is 6.35. The molecule has 5 heteroatoms. The maximum absolute atomic E-state index is 8.75. The molecular formula is C14H19N5. The topological polar surface area (TPSA) is 81.2 Å². The number of nitriles is 1. The van der Waals surface area contributed by atoms with Crippen LogP contribution in [-0.4, -0.2) is 19.9 Å². The summed E-state index contributed by atoms with van der Waals surface area (Å²) >= 11 is 0. The predicted octanol–water partition coefficient (Wildman–Crippen LogP) is 2.86. The molecule has 2 aromatic heterocycles. The van der Waals surface area contributed by atoms with Crippen molar-refractivity contribution in [3.63, 3.8) is 0 Å². The van der Waals surface area contributed by atoms with Crippen molar-refractivity contribution < 1.29 is 0 Å². The third kappa shape index (κ3) is 3.22. The smallest absolute Gasteiger partial charge is 0.158 e. The van der Waals surface area contributed by atoms with Gasteiger partial charge in [-0.05, 0) is 12.8 Å². The Balaban J connectivity index is 1.92. The van der Waals surface area contributed by atoms with Crippen molar-refractivity contribution in [2.24, 2.45) is 0 Å². The lowest BCUT2D eigenvalue weighted by atomic mass is 10.0. The fourth-order valence-corrected chi connectivity index (χ4v) is 1.95. The van der Waals surface area contributed by atoms with E-state index in [-0.39, 0.29) is 0 Å². The third-order valence-electron chi connectivity index (χ3n) is 3.21. The normalized spacial score (nSPS) is 12.6. The van der Waals surface area contributed by atoms with Crippen LogP contribution in [0, 0.1) is 11.3 Å². The fourth-order valence-electron chi connectivity index (χ4n) is 1.95. The summed E-state index contributed by atoms with van der Waals surface area (Å²) < 4.78 is 0. The van der Waals surface area contributed by atoms with Gasteiger partial charge in [0.15, 0.2) is 5.69 Å². The maximum Gasteiger partial charge on any atom is 0.158 e. The molecule has 2 rings (SSSR count). The molecule has 5 nitrogen and oxygen atoms in total. The SMILES string of the molecule is CC(C)c1nc(CCC(C)c2nc(C#N)c[nH]2)c[nH]1. The molecule has 0 spiro atoms. The number of aryl methyl sites for hydroxylation is 1. The second-order valence-electron chi connectivity index (χ2n) is 5.15. The van der Waals surface area contributed by atoms with Crippen molar-refractivity contribution >= 4 is 0 Å². The van der Waals surface area contributed by atoms with Gasteiger partial charge in [0.2, 0.25) is 0 Å². The van der Waals surface area contributed by atoms with E-state index in [1.807, 2.05) is 12.3 Å². The average molecular weight is 257 g/mol. The van der Waals surface area contributed by atoms with E-state index in [1.165, 1.54) is 0 Å². The highest BCUT2D eigenvalue weighted by Gasteiger charge is 2.12. The molecule has 0 aliphatic carbocycles. The summed E-state index contributed by atoms with van der Waals surface area (Å²) in [5.41, 5.74) is 1.53. The van der Waals surface area contributed by atoms with E-state index in [0.29, 0.717) is 17.5 Å². The lowest BCUT2D eigenvalue weighted by Crippen LogP contribution is -1.99. The van der Waals surface area contributed by atoms with Crippen molar-refractivity contribution in [1.82, 2.24) is 19.9 Å². The second-order valence-corrected chi connectivity index (χ2v) is 5.15. The number of imidazole rings is 2. The van der Waals surface area contributed by atoms with E-state index in [1.54, 1.807) is 6.20 Å². The Morgan fingerprint density at radius 2 is 1.89 bits per heavy atom. The lowest BCUT2D eigenvalue weighted by molar-refractivity contribution is 0.638. The fraction of sp³-hybridized carbons (Fsp3) is 0.500. The minimum Gasteiger partial charge on any atom is -0.348 e. The lowest BCUT2D eigenvalue weighted by Gasteiger charge is -2.06. The molecule has 0 saturated heterocycles. The van der Waals surface area contributed by atoms with Gasteiger partial charge in [-0.3, -0.25) is 0 Å². The molecule has 2 N–H and O–H groups in total. The van der Waals surface area contributed by atoms with E-state index in [2.05, 4.69) is 40.7 Å². The van der Waals surface area contributed by atoms with Crippen LogP contribution < -0.4 is 0 Å². The monoisotopic (exact) mass is 257 g/mol. The molecule has 1 unspecified atom stereocenters. The van der Waals surface area contributed by atoms with Crippen LogP contribution in [0.3, 0.4) is 0 Å². The number of aromatic nitrogens is 4. The molecule has 2 heterocycles. The molecule has 0 amide bonds. The molecule has 0 bridgehead atoms. The van der Waals surface area contributed by atoms with Gasteiger partial charge in [-0.1, -0.05) is 20.8 Å². The Morgan fingerprint density at radius 1 is 1.16 bits per heavy atom. The first-order valence-electron chi connectivity index (χ1n) is 6.59. The number of hydrogen-bond acceptors (Lipinski definition) is 3. The molecule has 0 fully saturated rings. The highest BCUT2D eigenvalue weighted by molar-refractivity contribution is 5.18. The zero-order valence-corrected chi connectivity index (χ0v) is 11.6. The first-order chi connectivity index (χ1) is 9.10. The van der Waals surface area contributed by atoms with Gasteiger partial charge in [-0.2, -0.15) is 5.26 Å². The van der Waals surface area contributed by atoms with E-state index >= 15 is 0 Å². The van der Waals surface area contributed by atoms with Crippen LogP contribution in [0.1, 0.15) is 62.1 Å². The molecular weight excluding hydrogens is 238 g/mol. The Bertz CT molecular complexity index is 573. The van der Waals surface area contributed by atoms with Gasteiger partial charge in [0, 0.05) is 24.2 Å². The first-order valence-corrected chi connectivity index (χ1v) is 6.59. The van der Waals surface area contributed by atoms with Crippen LogP contribution in [0.25, 0.3) is 0 Å². The summed E-state index contributed by atoms with van der Waals surface area (Å²) in [5, 5.41) is 8.75. The van der Waals surface area contributed by atoms with Crippen molar-refractivity contribution in [3.8, 4) is 6.07 Å². The number of aromatic amines is 2. The molecule has 0 aliphatic heterocycles. The Morgan fingerprint density at radius 3 is 2.47 bits per heavy atom. The van der Waals surface area contributed by atoms with E-state index in [4.69, 9.17) is 5.26 Å². The molecule has 0 saturated carbocycles. The number of hydrogen-bond donors (Lipinski definition) is 2. The number of nitrogens with one attached hydrogen (secondary N) is 2. The van der Waals surface area contributed by atoms with Gasteiger partial charge in [-0.15, -0.1) is 0 Å². The highest BCUT2D eigenvalue weighted by Crippen LogP contribution is 2.18. The van der Waals surface area contributed by atoms with Gasteiger partial charge >= 0.3 is 0 Å². The number of nitrogens with zero attached hydrogens (tertiary/aromatic N) is 3. The first kappa shape index (κ1) is 13.3. The maximum atomic E-state index is 8.75. The van der Waals surface area contributed by atoms with Crippen molar-refractivity contribution in [3.05, 3.63) is 35.4 Å². The molecule has 0 aliphatic rings. The quantitative estimate of drug-likeness (QED) is 0.864. The van der Waals surface area contributed by atoms with Crippen LogP contribution in [0.4, 0.5) is 0 Å². The molecule has 100 valence electrons. The van der Waals surface area contributed by atoms with Crippen molar-refractivity contribution in [2.45, 2.75) is 45.4 Å². The molecule has 0 aromatic carbocycles. The van der Waals surface area contributed by atoms with Gasteiger partial charge in [0.05, 0.1) is 5.69 Å². The summed E-state index contributed by atoms with van der Waals surface area (Å²) in [4.78, 5) is 15.0. The summed E-state index contributed by atoms with van der Waals surface area (Å²) in [6.07, 6.45) is 5.50. The second kappa shape index (κ2) is 5.70. The number of rotatable bonds is 5. The highest BCUT2D eigenvalue weighted by atomic mass is 14.9. The zero-order chi connectivity index (χ0) is 13.8. The Labute approximate surface area is 113 Å². The zero-order valence-electron chi connectivity index (χ0n) is 11.6. The number of H-pyrrole nitrogens is 2. The Kier molecular flexibility index (Phi) is 4.00. The van der Waals surface area contributed by atoms with Crippen LogP contribution in [-0.2, 0) is 6.42 Å². The molecule has 2 aromatic rings. The summed E-state index contributed by atoms with van der Waals surface area (Å²) in [5.74, 6) is 2.62. The van der Waals surface area contributed by atoms with Gasteiger partial charge in [0.25, 0.3) is 0 Å². The Hall–Kier alpha value is -2.09. The molecule has 1 atom stereocenters. The molecule has 19 heavy (non-hydrogen) atoms. The van der Waals surface area contributed by atoms with Crippen LogP contribution >= 0.6 is 0 Å². The molecule has 0 radical (unpaired) electrons. The minimum absolute atomic E-state index is 0.293. The van der Waals surface area contributed by atoms with E-state index < -0.39 is 0 Å². The average Bonchev–Trinajstić information content (AvgIpc) is 3.04. The van der Waals surface area contributed by atoms with Crippen molar-refractivity contribution in [2.75, 3.05) is 0 Å². The third-order valence-corrected chi connectivity index (χ3v) is 3.21. The largest absolute Gasteiger partial charge is 0.348 e. The minimum atomic E-state index is 0.293. The van der Waals surface area contributed by atoms with Crippen molar-refractivity contribution in [1.29, 1.82) is 5.26 Å². The van der Waals surface area contributed by atoms with Crippen LogP contribution in [0.15, 0.2) is 12.4 Å². The van der Waals surface area contributed by atoms with Gasteiger partial charge in [0.1, 0.15) is 17.7 Å². The summed E-state index contributed by atoms with van der Waals surface area (Å²) in [7, 11) is 0. The van der Waals surface area contributed by atoms with E-state index in [9.17, 15) is 0 Å². The van der Waals surface area contributed by atoms with Crippen LogP contribution in [0.5, 0.6) is 0 Å². The van der Waals surface area contributed by atoms with Crippen LogP contribution in [0.2, 0.25) is 0 Å². The van der Waals surface area contributed by atoms with Gasteiger partial charge in [-0.25, -0.2) is 9.97 Å².